The summed E-state index contributed by atoms with van der Waals surface area (Å²) < 4.78 is 23.0. The second kappa shape index (κ2) is 6.60. The van der Waals surface area contributed by atoms with E-state index in [1.54, 1.807) is 18.5 Å². The summed E-state index contributed by atoms with van der Waals surface area (Å²) in [5.41, 5.74) is 0.253. The zero-order valence-corrected chi connectivity index (χ0v) is 15.0. The van der Waals surface area contributed by atoms with Gasteiger partial charge < -0.3 is 14.6 Å². The first-order valence-electron chi connectivity index (χ1n) is 7.46. The fraction of sp³-hybridized carbons (Fsp3) is 0.600. The molecule has 1 fully saturated rings. The molecule has 1 atom stereocenters. The molecule has 0 aliphatic carbocycles. The summed E-state index contributed by atoms with van der Waals surface area (Å²) in [4.78, 5) is 4.29. The van der Waals surface area contributed by atoms with E-state index in [9.17, 15) is 9.47 Å². The second-order valence-corrected chi connectivity index (χ2v) is 8.12. The largest absolute Gasteiger partial charge is 0.496 e. The molecule has 0 radical (unpaired) electrons. The van der Waals surface area contributed by atoms with E-state index in [1.165, 1.54) is 0 Å². The van der Waals surface area contributed by atoms with Crippen molar-refractivity contribution in [1.29, 1.82) is 5.26 Å². The molecule has 0 unspecified atom stereocenters. The predicted octanol–water partition coefficient (Wildman–Crippen LogP) is 1.04. The summed E-state index contributed by atoms with van der Waals surface area (Å²) in [6, 6.07) is 3.85. The Bertz CT molecular complexity index is 642. The topological polar surface area (TPSA) is 84.2 Å². The molecule has 0 spiro atoms. The quantitative estimate of drug-likeness (QED) is 0.810. The molecule has 0 amide bonds. The Morgan fingerprint density at radius 3 is 2.48 bits per heavy atom. The van der Waals surface area contributed by atoms with Crippen LogP contribution in [0.2, 0.25) is 0 Å². The zero-order valence-electron chi connectivity index (χ0n) is 14.2. The zero-order chi connectivity index (χ0) is 17.3. The van der Waals surface area contributed by atoms with Crippen LogP contribution < -0.4 is 10.8 Å². The van der Waals surface area contributed by atoms with Gasteiger partial charge in [-0.3, -0.25) is 4.21 Å². The van der Waals surface area contributed by atoms with Crippen LogP contribution in [0.15, 0.2) is 12.3 Å². The monoisotopic (exact) mass is 335 g/mol. The van der Waals surface area contributed by atoms with Gasteiger partial charge in [0, 0.05) is 41.0 Å². The average Bonchev–Trinajstić information content (AvgIpc) is 2.67. The van der Waals surface area contributed by atoms with Crippen LogP contribution in [0, 0.1) is 11.3 Å². The maximum absolute atomic E-state index is 11.1. The standard InChI is InChI=1S/C15H22BN3O3S/c1-14(2)15(3,4)22-16(21-14)12-8-11(9-17)13(19-10-12)18-6-7-23(5)20/h8,10H,6-7H2,1-5H3,(H,18,19)/t23-/m0/s1. The number of hydrogen-bond acceptors (Lipinski definition) is 6. The third-order valence-corrected chi connectivity index (χ3v) is 5.02. The third kappa shape index (κ3) is 3.92. The van der Waals surface area contributed by atoms with Crippen LogP contribution in [-0.4, -0.2) is 46.1 Å². The summed E-state index contributed by atoms with van der Waals surface area (Å²) in [6.07, 6.45) is 3.29. The van der Waals surface area contributed by atoms with Gasteiger partial charge in [0.1, 0.15) is 11.9 Å². The highest BCUT2D eigenvalue weighted by molar-refractivity contribution is 7.84. The van der Waals surface area contributed by atoms with Crippen LogP contribution in [0.25, 0.3) is 0 Å². The van der Waals surface area contributed by atoms with E-state index in [2.05, 4.69) is 16.4 Å². The Kier molecular flexibility index (Phi) is 5.14. The molecular formula is C15H22BN3O3S. The average molecular weight is 335 g/mol. The van der Waals surface area contributed by atoms with Crippen LogP contribution in [0.4, 0.5) is 5.82 Å². The van der Waals surface area contributed by atoms with Crippen molar-refractivity contribution in [2.24, 2.45) is 0 Å². The number of nitriles is 1. The van der Waals surface area contributed by atoms with Crippen LogP contribution in [0.1, 0.15) is 33.3 Å². The van der Waals surface area contributed by atoms with Crippen molar-refractivity contribution < 1.29 is 13.5 Å². The molecule has 1 N–H and O–H groups in total. The van der Waals surface area contributed by atoms with Gasteiger partial charge in [-0.15, -0.1) is 0 Å². The molecule has 2 rings (SSSR count). The molecule has 0 saturated carbocycles. The molecule has 0 bridgehead atoms. The van der Waals surface area contributed by atoms with Crippen molar-refractivity contribution in [2.75, 3.05) is 23.9 Å². The van der Waals surface area contributed by atoms with E-state index in [4.69, 9.17) is 9.31 Å². The number of nitrogens with one attached hydrogen (secondary N) is 1. The summed E-state index contributed by atoms with van der Waals surface area (Å²) in [5.74, 6) is 0.990. The van der Waals surface area contributed by atoms with E-state index >= 15 is 0 Å². The lowest BCUT2D eigenvalue weighted by Crippen LogP contribution is -2.41. The first-order valence-corrected chi connectivity index (χ1v) is 9.18. The molecule has 0 aromatic carbocycles. The van der Waals surface area contributed by atoms with Gasteiger partial charge in [-0.05, 0) is 33.8 Å². The van der Waals surface area contributed by atoms with E-state index in [0.29, 0.717) is 29.1 Å². The SMILES string of the molecule is C[S@](=O)CCNc1ncc(B2OC(C)(C)C(C)(C)O2)cc1C#N. The summed E-state index contributed by atoms with van der Waals surface area (Å²) in [6.45, 7) is 8.42. The smallest absolute Gasteiger partial charge is 0.399 e. The van der Waals surface area contributed by atoms with Crippen molar-refractivity contribution in [3.05, 3.63) is 17.8 Å². The molecule has 1 aromatic heterocycles. The highest BCUT2D eigenvalue weighted by Gasteiger charge is 2.51. The Morgan fingerprint density at radius 1 is 1.35 bits per heavy atom. The predicted molar refractivity (Wildman–Crippen MR) is 92.1 cm³/mol. The Labute approximate surface area is 140 Å². The van der Waals surface area contributed by atoms with Gasteiger partial charge in [0.2, 0.25) is 0 Å². The number of hydrogen-bond donors (Lipinski definition) is 1. The van der Waals surface area contributed by atoms with Gasteiger partial charge in [-0.25, -0.2) is 4.98 Å². The number of pyridine rings is 1. The van der Waals surface area contributed by atoms with E-state index in [0.717, 1.165) is 0 Å². The Hall–Kier alpha value is -1.43. The molecule has 1 aromatic rings. The molecule has 124 valence electrons. The minimum Gasteiger partial charge on any atom is -0.399 e. The van der Waals surface area contributed by atoms with Crippen molar-refractivity contribution >= 4 is 29.2 Å². The third-order valence-electron chi connectivity index (χ3n) is 4.24. The summed E-state index contributed by atoms with van der Waals surface area (Å²) >= 11 is 0. The lowest BCUT2D eigenvalue weighted by Gasteiger charge is -2.32. The van der Waals surface area contributed by atoms with Crippen LogP contribution >= 0.6 is 0 Å². The first kappa shape index (κ1) is 17.9. The van der Waals surface area contributed by atoms with Crippen molar-refractivity contribution in [3.8, 4) is 6.07 Å². The van der Waals surface area contributed by atoms with Gasteiger partial charge in [0.15, 0.2) is 0 Å². The minimum absolute atomic E-state index is 0.416. The van der Waals surface area contributed by atoms with E-state index in [-0.39, 0.29) is 0 Å². The highest BCUT2D eigenvalue weighted by Crippen LogP contribution is 2.36. The summed E-state index contributed by atoms with van der Waals surface area (Å²) in [5, 5.41) is 12.4. The van der Waals surface area contributed by atoms with Crippen LogP contribution in [-0.2, 0) is 20.1 Å². The molecule has 1 saturated heterocycles. The second-order valence-electron chi connectivity index (χ2n) is 6.57. The number of rotatable bonds is 5. The normalized spacial score (nSPS) is 20.1. The lowest BCUT2D eigenvalue weighted by atomic mass is 9.79. The van der Waals surface area contributed by atoms with Gasteiger partial charge in [-0.1, -0.05) is 0 Å². The molecular weight excluding hydrogens is 313 g/mol. The van der Waals surface area contributed by atoms with Gasteiger partial charge in [0.05, 0.1) is 16.8 Å². The first-order chi connectivity index (χ1) is 10.7. The number of aromatic nitrogens is 1. The number of anilines is 1. The summed E-state index contributed by atoms with van der Waals surface area (Å²) in [7, 11) is -1.43. The van der Waals surface area contributed by atoms with Crippen LogP contribution in [0.3, 0.4) is 0 Å². The molecule has 23 heavy (non-hydrogen) atoms. The van der Waals surface area contributed by atoms with Crippen molar-refractivity contribution in [1.82, 2.24) is 4.98 Å². The maximum atomic E-state index is 11.1. The highest BCUT2D eigenvalue weighted by atomic mass is 32.2. The number of nitrogens with zero attached hydrogens (tertiary/aromatic N) is 2. The maximum Gasteiger partial charge on any atom is 0.496 e. The molecule has 8 heteroatoms. The minimum atomic E-state index is -0.885. The fourth-order valence-corrected chi connectivity index (χ4v) is 2.52. The van der Waals surface area contributed by atoms with Gasteiger partial charge >= 0.3 is 7.12 Å². The molecule has 2 heterocycles. The Morgan fingerprint density at radius 2 is 1.96 bits per heavy atom. The van der Waals surface area contributed by atoms with Crippen LogP contribution in [0.5, 0.6) is 0 Å². The Balaban J connectivity index is 2.17. The molecule has 6 nitrogen and oxygen atoms in total. The van der Waals surface area contributed by atoms with Crippen molar-refractivity contribution in [3.63, 3.8) is 0 Å². The van der Waals surface area contributed by atoms with Gasteiger partial charge in [0.25, 0.3) is 0 Å². The molecule has 1 aliphatic rings. The van der Waals surface area contributed by atoms with E-state index in [1.807, 2.05) is 27.7 Å². The lowest BCUT2D eigenvalue weighted by molar-refractivity contribution is 0.00578. The van der Waals surface area contributed by atoms with E-state index < -0.39 is 29.1 Å². The van der Waals surface area contributed by atoms with Gasteiger partial charge in [-0.2, -0.15) is 5.26 Å². The molecule has 1 aliphatic heterocycles. The fourth-order valence-electron chi connectivity index (χ4n) is 2.13. The van der Waals surface area contributed by atoms with Crippen molar-refractivity contribution in [2.45, 2.75) is 38.9 Å².